The number of amides is 1. The molecule has 0 radical (unpaired) electrons. The SMILES string of the molecule is COc1cc2c(cc1OC)n(CC(=O)NCCCOC(C)C)n1c(C)cc(=O)nc21. The summed E-state index contributed by atoms with van der Waals surface area (Å²) in [6, 6.07) is 5.00. The van der Waals surface area contributed by atoms with Crippen molar-refractivity contribution in [1.29, 1.82) is 0 Å². The number of carbonyl (C=O) groups excluding carboxylic acids is 1. The third-order valence-corrected chi connectivity index (χ3v) is 4.73. The van der Waals surface area contributed by atoms with Gasteiger partial charge in [0, 0.05) is 36.4 Å². The molecule has 162 valence electrons. The normalized spacial score (nSPS) is 11.4. The summed E-state index contributed by atoms with van der Waals surface area (Å²) in [7, 11) is 3.10. The third kappa shape index (κ3) is 4.40. The van der Waals surface area contributed by atoms with Gasteiger partial charge in [-0.1, -0.05) is 0 Å². The minimum absolute atomic E-state index is 0.0614. The minimum Gasteiger partial charge on any atom is -0.493 e. The summed E-state index contributed by atoms with van der Waals surface area (Å²) in [6.45, 7) is 6.93. The predicted molar refractivity (Wildman–Crippen MR) is 114 cm³/mol. The third-order valence-electron chi connectivity index (χ3n) is 4.73. The molecule has 1 amide bonds. The second-order valence-corrected chi connectivity index (χ2v) is 7.28. The van der Waals surface area contributed by atoms with E-state index in [1.807, 2.05) is 13.8 Å². The Morgan fingerprint density at radius 3 is 2.53 bits per heavy atom. The van der Waals surface area contributed by atoms with E-state index in [0.29, 0.717) is 46.9 Å². The van der Waals surface area contributed by atoms with E-state index in [2.05, 4.69) is 10.3 Å². The number of benzene rings is 1. The van der Waals surface area contributed by atoms with Gasteiger partial charge in [0.15, 0.2) is 17.1 Å². The molecule has 2 aromatic heterocycles. The number of ether oxygens (including phenoxy) is 3. The molecule has 0 aliphatic heterocycles. The number of fused-ring (bicyclic) bond motifs is 3. The highest BCUT2D eigenvalue weighted by Crippen LogP contribution is 2.34. The van der Waals surface area contributed by atoms with Crippen LogP contribution in [0.3, 0.4) is 0 Å². The summed E-state index contributed by atoms with van der Waals surface area (Å²) >= 11 is 0. The summed E-state index contributed by atoms with van der Waals surface area (Å²) in [5.74, 6) is 0.905. The van der Waals surface area contributed by atoms with Gasteiger partial charge in [0.1, 0.15) is 6.54 Å². The second-order valence-electron chi connectivity index (χ2n) is 7.28. The molecule has 30 heavy (non-hydrogen) atoms. The molecule has 0 unspecified atom stereocenters. The summed E-state index contributed by atoms with van der Waals surface area (Å²) in [4.78, 5) is 28.8. The predicted octanol–water partition coefficient (Wildman–Crippen LogP) is 1.91. The Morgan fingerprint density at radius 1 is 1.17 bits per heavy atom. The van der Waals surface area contributed by atoms with Crippen molar-refractivity contribution in [3.05, 3.63) is 34.2 Å². The van der Waals surface area contributed by atoms with E-state index in [1.54, 1.807) is 42.5 Å². The zero-order valence-corrected chi connectivity index (χ0v) is 18.0. The smallest absolute Gasteiger partial charge is 0.273 e. The van der Waals surface area contributed by atoms with Crippen molar-refractivity contribution in [1.82, 2.24) is 19.5 Å². The highest BCUT2D eigenvalue weighted by atomic mass is 16.5. The lowest BCUT2D eigenvalue weighted by Gasteiger charge is -2.12. The first-order valence-corrected chi connectivity index (χ1v) is 9.89. The minimum atomic E-state index is -0.337. The number of methoxy groups -OCH3 is 2. The average Bonchev–Trinajstić information content (AvgIpc) is 2.99. The Hall–Kier alpha value is -3.07. The van der Waals surface area contributed by atoms with Crippen molar-refractivity contribution in [2.24, 2.45) is 0 Å². The molecule has 9 nitrogen and oxygen atoms in total. The van der Waals surface area contributed by atoms with Crippen molar-refractivity contribution < 1.29 is 19.0 Å². The first kappa shape index (κ1) is 21.6. The highest BCUT2D eigenvalue weighted by molar-refractivity contribution is 5.96. The maximum atomic E-state index is 12.6. The largest absolute Gasteiger partial charge is 0.493 e. The van der Waals surface area contributed by atoms with E-state index in [4.69, 9.17) is 14.2 Å². The number of rotatable bonds is 9. The zero-order valence-electron chi connectivity index (χ0n) is 18.0. The fourth-order valence-electron chi connectivity index (χ4n) is 3.41. The first-order chi connectivity index (χ1) is 14.3. The van der Waals surface area contributed by atoms with Crippen molar-refractivity contribution in [2.45, 2.75) is 39.8 Å². The molecule has 3 rings (SSSR count). The monoisotopic (exact) mass is 416 g/mol. The zero-order chi connectivity index (χ0) is 21.8. The van der Waals surface area contributed by atoms with Crippen molar-refractivity contribution in [3.63, 3.8) is 0 Å². The molecule has 0 saturated carbocycles. The number of hydrogen-bond donors (Lipinski definition) is 1. The highest BCUT2D eigenvalue weighted by Gasteiger charge is 2.19. The van der Waals surface area contributed by atoms with Gasteiger partial charge in [0.25, 0.3) is 5.56 Å². The van der Waals surface area contributed by atoms with Crippen molar-refractivity contribution in [2.75, 3.05) is 27.4 Å². The van der Waals surface area contributed by atoms with Crippen LogP contribution >= 0.6 is 0 Å². The van der Waals surface area contributed by atoms with Gasteiger partial charge < -0.3 is 19.5 Å². The number of hydrogen-bond acceptors (Lipinski definition) is 6. The second kappa shape index (κ2) is 9.17. The van der Waals surface area contributed by atoms with E-state index in [1.165, 1.54) is 6.07 Å². The molecule has 2 heterocycles. The van der Waals surface area contributed by atoms with Gasteiger partial charge in [0.2, 0.25) is 5.91 Å². The lowest BCUT2D eigenvalue weighted by atomic mass is 10.2. The molecule has 0 bridgehead atoms. The van der Waals surface area contributed by atoms with Crippen LogP contribution < -0.4 is 20.3 Å². The summed E-state index contributed by atoms with van der Waals surface area (Å²) < 4.78 is 19.9. The molecule has 0 atom stereocenters. The first-order valence-electron chi connectivity index (χ1n) is 9.89. The van der Waals surface area contributed by atoms with E-state index in [-0.39, 0.29) is 24.1 Å². The number of carbonyl (C=O) groups is 1. The fourth-order valence-corrected chi connectivity index (χ4v) is 3.41. The van der Waals surface area contributed by atoms with Gasteiger partial charge in [0.05, 0.1) is 25.8 Å². The molecule has 9 heteroatoms. The van der Waals surface area contributed by atoms with E-state index in [0.717, 1.165) is 6.42 Å². The van der Waals surface area contributed by atoms with Crippen LogP contribution in [0.2, 0.25) is 0 Å². The van der Waals surface area contributed by atoms with Crippen LogP contribution in [-0.4, -0.2) is 53.6 Å². The van der Waals surface area contributed by atoms with Crippen molar-refractivity contribution in [3.8, 4) is 11.5 Å². The maximum absolute atomic E-state index is 12.6. The number of nitrogens with one attached hydrogen (secondary N) is 1. The van der Waals surface area contributed by atoms with Crippen LogP contribution in [0.4, 0.5) is 0 Å². The Morgan fingerprint density at radius 2 is 1.87 bits per heavy atom. The van der Waals surface area contributed by atoms with Gasteiger partial charge >= 0.3 is 0 Å². The molecule has 0 fully saturated rings. The van der Waals surface area contributed by atoms with Gasteiger partial charge in [-0.3, -0.25) is 14.3 Å². The van der Waals surface area contributed by atoms with Crippen LogP contribution in [0.15, 0.2) is 23.0 Å². The van der Waals surface area contributed by atoms with Crippen LogP contribution in [-0.2, 0) is 16.1 Å². The quantitative estimate of drug-likeness (QED) is 0.536. The van der Waals surface area contributed by atoms with Crippen LogP contribution in [0.25, 0.3) is 16.6 Å². The molecule has 0 aliphatic carbocycles. The van der Waals surface area contributed by atoms with Gasteiger partial charge in [-0.25, -0.2) is 4.52 Å². The van der Waals surface area contributed by atoms with E-state index >= 15 is 0 Å². The summed E-state index contributed by atoms with van der Waals surface area (Å²) in [5.41, 5.74) is 1.52. The topological polar surface area (TPSA) is 96.1 Å². The standard InChI is InChI=1S/C21H28N4O5/c1-13(2)30-8-6-7-22-20(27)12-24-16-11-18(29-5)17(28-4)10-15(16)21-23-19(26)9-14(3)25(21)24/h9-11,13H,6-8,12H2,1-5H3,(H,22,27). The van der Waals surface area contributed by atoms with Crippen LogP contribution in [0.1, 0.15) is 26.0 Å². The van der Waals surface area contributed by atoms with Crippen molar-refractivity contribution >= 4 is 22.5 Å². The molecule has 0 saturated heterocycles. The number of aryl methyl sites for hydroxylation is 1. The molecule has 1 N–H and O–H groups in total. The molecule has 0 spiro atoms. The van der Waals surface area contributed by atoms with E-state index in [9.17, 15) is 9.59 Å². The number of aromatic nitrogens is 3. The van der Waals surface area contributed by atoms with Crippen LogP contribution in [0.5, 0.6) is 11.5 Å². The lowest BCUT2D eigenvalue weighted by Crippen LogP contribution is -2.30. The van der Waals surface area contributed by atoms with Crippen LogP contribution in [0, 0.1) is 6.92 Å². The molecular weight excluding hydrogens is 388 g/mol. The van der Waals surface area contributed by atoms with Gasteiger partial charge in [-0.15, -0.1) is 0 Å². The number of nitrogens with zero attached hydrogens (tertiary/aromatic N) is 3. The molecule has 1 aromatic carbocycles. The maximum Gasteiger partial charge on any atom is 0.273 e. The van der Waals surface area contributed by atoms with Gasteiger partial charge in [-0.05, 0) is 33.3 Å². The Kier molecular flexibility index (Phi) is 6.61. The summed E-state index contributed by atoms with van der Waals surface area (Å²) in [5, 5.41) is 3.62. The summed E-state index contributed by atoms with van der Waals surface area (Å²) in [6.07, 6.45) is 0.901. The Labute approximate surface area is 174 Å². The fraction of sp³-hybridized carbons (Fsp3) is 0.476. The molecule has 3 aromatic rings. The molecule has 0 aliphatic rings. The lowest BCUT2D eigenvalue weighted by molar-refractivity contribution is -0.121. The van der Waals surface area contributed by atoms with Gasteiger partial charge in [-0.2, -0.15) is 4.98 Å². The Bertz CT molecular complexity index is 1120. The average molecular weight is 416 g/mol. The molecular formula is C21H28N4O5. The van der Waals surface area contributed by atoms with E-state index < -0.39 is 0 Å². The Balaban J connectivity index is 1.97.